The number of esters is 1. The average molecular weight is 506 g/mol. The van der Waals surface area contributed by atoms with E-state index in [4.69, 9.17) is 4.74 Å². The molecule has 4 aliphatic rings. The van der Waals surface area contributed by atoms with Crippen molar-refractivity contribution in [2.75, 3.05) is 13.2 Å². The maximum atomic E-state index is 13.5. The van der Waals surface area contributed by atoms with Crippen molar-refractivity contribution in [2.24, 2.45) is 17.3 Å². The highest BCUT2D eigenvalue weighted by Gasteiger charge is 2.51. The predicted octanol–water partition coefficient (Wildman–Crippen LogP) is 6.15. The maximum absolute atomic E-state index is 13.5. The molecule has 0 N–H and O–H groups in total. The van der Waals surface area contributed by atoms with Gasteiger partial charge in [-0.3, -0.25) is 9.69 Å². The molecule has 5 atom stereocenters. The number of ether oxygens (including phenoxy) is 1. The largest absolute Gasteiger partial charge is 0.461 e. The summed E-state index contributed by atoms with van der Waals surface area (Å²) in [6, 6.07) is 8.45. The number of nitrogens with zero attached hydrogens (tertiary/aromatic N) is 3. The van der Waals surface area contributed by atoms with E-state index in [1.54, 1.807) is 17.1 Å². The Hall–Kier alpha value is -2.47. The van der Waals surface area contributed by atoms with E-state index in [1.165, 1.54) is 32.1 Å². The monoisotopic (exact) mass is 505 g/mol. The molecule has 6 rings (SSSR count). The lowest BCUT2D eigenvalue weighted by Crippen LogP contribution is -2.50. The molecular weight excluding hydrogens is 462 g/mol. The van der Waals surface area contributed by atoms with Gasteiger partial charge < -0.3 is 9.30 Å². The second kappa shape index (κ2) is 10.4. The van der Waals surface area contributed by atoms with Gasteiger partial charge in [0, 0.05) is 24.7 Å². The van der Waals surface area contributed by atoms with Gasteiger partial charge >= 0.3 is 5.97 Å². The van der Waals surface area contributed by atoms with Crippen LogP contribution >= 0.6 is 0 Å². The Kier molecular flexibility index (Phi) is 7.32. The molecular formula is C31H43N3O3. The molecule has 200 valence electrons. The standard InChI is InChI=1S/C31H43N3O3/c1-6-37-30(36)28-29(35)34(27-13-8-7-12-26(27)32-28)21(3)18-24-11-9-10-20(2)33(24)17-16-22-14-15-23-19-25(22)31(23,4)5/h7-8,12-13,16,20-21,23-25H,6,9-11,14-15,17-19H2,1-5H3/b22-16+/t20-,21+,23?,24-,25?/m1/s1. The third kappa shape index (κ3) is 4.78. The summed E-state index contributed by atoms with van der Waals surface area (Å²) in [5.41, 5.74) is 3.08. The van der Waals surface area contributed by atoms with Crippen molar-refractivity contribution < 1.29 is 9.53 Å². The Balaban J connectivity index is 1.41. The van der Waals surface area contributed by atoms with Crippen LogP contribution < -0.4 is 5.56 Å². The molecule has 2 unspecified atom stereocenters. The molecule has 4 fully saturated rings. The topological polar surface area (TPSA) is 64.4 Å². The molecule has 2 bridgehead atoms. The number of rotatable bonds is 7. The van der Waals surface area contributed by atoms with Crippen molar-refractivity contribution in [1.82, 2.24) is 14.5 Å². The van der Waals surface area contributed by atoms with Gasteiger partial charge in [0.1, 0.15) is 0 Å². The number of likely N-dealkylation sites (tertiary alicyclic amines) is 1. The van der Waals surface area contributed by atoms with E-state index in [-0.39, 0.29) is 23.9 Å². The quantitative estimate of drug-likeness (QED) is 0.334. The third-order valence-electron chi connectivity index (χ3n) is 9.78. The lowest BCUT2D eigenvalue weighted by atomic mass is 9.47. The molecule has 1 saturated heterocycles. The minimum Gasteiger partial charge on any atom is -0.461 e. The first-order chi connectivity index (χ1) is 17.7. The van der Waals surface area contributed by atoms with Crippen LogP contribution in [0.3, 0.4) is 0 Å². The number of piperidine rings is 1. The Bertz CT molecular complexity index is 1240. The number of carbonyl (C=O) groups is 1. The van der Waals surface area contributed by atoms with Crippen LogP contribution in [-0.2, 0) is 4.74 Å². The van der Waals surface area contributed by atoms with Gasteiger partial charge in [0.25, 0.3) is 5.56 Å². The number of benzene rings is 1. The van der Waals surface area contributed by atoms with E-state index in [9.17, 15) is 9.59 Å². The normalized spacial score (nSPS) is 29.2. The van der Waals surface area contributed by atoms with Crippen LogP contribution in [0.1, 0.15) is 96.1 Å². The van der Waals surface area contributed by atoms with Crippen molar-refractivity contribution in [2.45, 2.75) is 97.7 Å². The van der Waals surface area contributed by atoms with Crippen LogP contribution in [0, 0.1) is 17.3 Å². The number of allylic oxidation sites excluding steroid dienone is 1. The van der Waals surface area contributed by atoms with Crippen molar-refractivity contribution in [3.63, 3.8) is 0 Å². The number of para-hydroxylation sites is 2. The van der Waals surface area contributed by atoms with Crippen LogP contribution in [0.15, 0.2) is 40.7 Å². The molecule has 1 aromatic heterocycles. The first kappa shape index (κ1) is 26.1. The van der Waals surface area contributed by atoms with Gasteiger partial charge in [0.05, 0.1) is 17.6 Å². The van der Waals surface area contributed by atoms with E-state index in [2.05, 4.69) is 43.7 Å². The van der Waals surface area contributed by atoms with Crippen molar-refractivity contribution in [3.05, 3.63) is 52.0 Å². The zero-order valence-electron chi connectivity index (χ0n) is 23.2. The summed E-state index contributed by atoms with van der Waals surface area (Å²) < 4.78 is 6.94. The fourth-order valence-corrected chi connectivity index (χ4v) is 7.46. The fraction of sp³-hybridized carbons (Fsp3) is 0.645. The number of hydrogen-bond donors (Lipinski definition) is 0. The van der Waals surface area contributed by atoms with Gasteiger partial charge in [-0.2, -0.15) is 0 Å². The highest BCUT2D eigenvalue weighted by molar-refractivity contribution is 5.89. The Morgan fingerprint density at radius 3 is 2.76 bits per heavy atom. The van der Waals surface area contributed by atoms with E-state index >= 15 is 0 Å². The summed E-state index contributed by atoms with van der Waals surface area (Å²) >= 11 is 0. The number of aromatic nitrogens is 2. The highest BCUT2D eigenvalue weighted by Crippen LogP contribution is 2.61. The van der Waals surface area contributed by atoms with Crippen LogP contribution in [0.4, 0.5) is 0 Å². The third-order valence-corrected chi connectivity index (χ3v) is 9.78. The molecule has 6 heteroatoms. The van der Waals surface area contributed by atoms with E-state index < -0.39 is 5.97 Å². The fourth-order valence-electron chi connectivity index (χ4n) is 7.46. The van der Waals surface area contributed by atoms with Gasteiger partial charge in [-0.25, -0.2) is 9.78 Å². The summed E-state index contributed by atoms with van der Waals surface area (Å²) in [6.45, 7) is 12.3. The van der Waals surface area contributed by atoms with Gasteiger partial charge in [-0.1, -0.05) is 44.1 Å². The predicted molar refractivity (Wildman–Crippen MR) is 148 cm³/mol. The molecule has 0 radical (unpaired) electrons. The van der Waals surface area contributed by atoms with Gasteiger partial charge in [0.2, 0.25) is 5.69 Å². The SMILES string of the molecule is CCOC(=O)c1nc2ccccc2n([C@@H](C)C[C@H]2CCC[C@@H](C)N2C/C=C2\CCC3CC2C3(C)C)c1=O. The van der Waals surface area contributed by atoms with E-state index in [0.717, 1.165) is 36.7 Å². The average Bonchev–Trinajstić information content (AvgIpc) is 2.88. The first-order valence-electron chi connectivity index (χ1n) is 14.3. The second-order valence-corrected chi connectivity index (χ2v) is 12.2. The summed E-state index contributed by atoms with van der Waals surface area (Å²) in [4.78, 5) is 33.2. The van der Waals surface area contributed by atoms with Gasteiger partial charge in [0.15, 0.2) is 0 Å². The molecule has 6 nitrogen and oxygen atoms in total. The number of hydrogen-bond acceptors (Lipinski definition) is 5. The minimum absolute atomic E-state index is 0.0694. The van der Waals surface area contributed by atoms with Crippen molar-refractivity contribution >= 4 is 17.0 Å². The van der Waals surface area contributed by atoms with Crippen LogP contribution in [0.25, 0.3) is 11.0 Å². The summed E-state index contributed by atoms with van der Waals surface area (Å²) in [5, 5.41) is 0. The molecule has 1 aliphatic heterocycles. The lowest BCUT2D eigenvalue weighted by Gasteiger charge is -2.58. The molecule has 1 aromatic carbocycles. The Morgan fingerprint density at radius 1 is 1.24 bits per heavy atom. The highest BCUT2D eigenvalue weighted by atomic mass is 16.5. The second-order valence-electron chi connectivity index (χ2n) is 12.2. The number of fused-ring (bicyclic) bond motifs is 3. The molecule has 2 aromatic rings. The lowest BCUT2D eigenvalue weighted by molar-refractivity contribution is -0.0284. The van der Waals surface area contributed by atoms with Gasteiger partial charge in [-0.15, -0.1) is 0 Å². The smallest absolute Gasteiger partial charge is 0.362 e. The molecule has 2 heterocycles. The van der Waals surface area contributed by atoms with Crippen LogP contribution in [0.2, 0.25) is 0 Å². The van der Waals surface area contributed by atoms with Crippen molar-refractivity contribution in [1.29, 1.82) is 0 Å². The zero-order valence-corrected chi connectivity index (χ0v) is 23.2. The molecule has 3 saturated carbocycles. The minimum atomic E-state index is -0.646. The van der Waals surface area contributed by atoms with E-state index in [0.29, 0.717) is 23.0 Å². The van der Waals surface area contributed by atoms with E-state index in [1.807, 2.05) is 24.3 Å². The van der Waals surface area contributed by atoms with Crippen LogP contribution in [-0.4, -0.2) is 45.7 Å². The number of carbonyl (C=O) groups excluding carboxylic acids is 1. The first-order valence-corrected chi connectivity index (χ1v) is 14.3. The summed E-state index contributed by atoms with van der Waals surface area (Å²) in [7, 11) is 0. The van der Waals surface area contributed by atoms with Crippen molar-refractivity contribution in [3.8, 4) is 0 Å². The summed E-state index contributed by atoms with van der Waals surface area (Å²) in [6.07, 6.45) is 10.9. The molecule has 0 amide bonds. The van der Waals surface area contributed by atoms with Crippen LogP contribution in [0.5, 0.6) is 0 Å². The Labute approximate surface area is 221 Å². The molecule has 3 aliphatic carbocycles. The molecule has 0 spiro atoms. The summed E-state index contributed by atoms with van der Waals surface area (Å²) in [5.74, 6) is 1.02. The van der Waals surface area contributed by atoms with Gasteiger partial charge in [-0.05, 0) is 88.7 Å². The maximum Gasteiger partial charge on any atom is 0.362 e. The Morgan fingerprint density at radius 2 is 2.03 bits per heavy atom. The molecule has 37 heavy (non-hydrogen) atoms. The zero-order chi connectivity index (χ0) is 26.3.